The normalized spacial score (nSPS) is 11.9. The molecule has 0 aliphatic heterocycles. The maximum absolute atomic E-state index is 12.3. The number of hydrogen-bond acceptors (Lipinski definition) is 2. The van der Waals surface area contributed by atoms with Crippen LogP contribution < -0.4 is 4.74 Å². The highest BCUT2D eigenvalue weighted by atomic mass is 19.4. The molecular weight excluding hydrogens is 221 g/mol. The Bertz CT molecular complexity index is 349. The van der Waals surface area contributed by atoms with E-state index < -0.39 is 23.7 Å². The van der Waals surface area contributed by atoms with Gasteiger partial charge in [0.1, 0.15) is 0 Å². The highest BCUT2D eigenvalue weighted by Gasteiger charge is 2.36. The van der Waals surface area contributed by atoms with Gasteiger partial charge >= 0.3 is 6.18 Å². The molecule has 0 atom stereocenters. The molecule has 1 aromatic heterocycles. The zero-order chi connectivity index (χ0) is 11.6. The summed E-state index contributed by atoms with van der Waals surface area (Å²) in [5.74, 6) is -0.279. The highest BCUT2D eigenvalue weighted by Crippen LogP contribution is 2.36. The van der Waals surface area contributed by atoms with Gasteiger partial charge in [0.25, 0.3) is 6.43 Å². The molecule has 0 amide bonds. The van der Waals surface area contributed by atoms with E-state index in [4.69, 9.17) is 0 Å². The van der Waals surface area contributed by atoms with Crippen LogP contribution in [0.15, 0.2) is 12.3 Å². The van der Waals surface area contributed by atoms with Gasteiger partial charge in [-0.3, -0.25) is 0 Å². The van der Waals surface area contributed by atoms with Crippen molar-refractivity contribution in [3.05, 3.63) is 23.4 Å². The molecule has 0 aromatic carbocycles. The van der Waals surface area contributed by atoms with Crippen LogP contribution in [0.5, 0.6) is 5.88 Å². The van der Waals surface area contributed by atoms with Crippen molar-refractivity contribution >= 4 is 0 Å². The summed E-state index contributed by atoms with van der Waals surface area (Å²) in [6.45, 7) is 0. The predicted octanol–water partition coefficient (Wildman–Crippen LogP) is 3.05. The van der Waals surface area contributed by atoms with Gasteiger partial charge in [0.15, 0.2) is 0 Å². The van der Waals surface area contributed by atoms with E-state index in [0.29, 0.717) is 12.3 Å². The summed E-state index contributed by atoms with van der Waals surface area (Å²) >= 11 is 0. The summed E-state index contributed by atoms with van der Waals surface area (Å²) in [6, 6.07) is 0.577. The van der Waals surface area contributed by atoms with Crippen molar-refractivity contribution in [1.82, 2.24) is 4.98 Å². The molecule has 0 bridgehead atoms. The van der Waals surface area contributed by atoms with E-state index in [9.17, 15) is 22.0 Å². The standard InChI is InChI=1S/C8H6F5NO/c1-15-6-2-4(7(9)10)5(3-14-6)8(11,12)13/h2-3,7H,1H3. The third kappa shape index (κ3) is 2.54. The number of rotatable bonds is 2. The van der Waals surface area contributed by atoms with Crippen molar-refractivity contribution < 1.29 is 26.7 Å². The summed E-state index contributed by atoms with van der Waals surface area (Å²) in [4.78, 5) is 3.23. The zero-order valence-corrected chi connectivity index (χ0v) is 7.48. The van der Waals surface area contributed by atoms with E-state index in [1.807, 2.05) is 0 Å². The molecule has 0 aliphatic carbocycles. The molecule has 0 radical (unpaired) electrons. The van der Waals surface area contributed by atoms with Crippen molar-refractivity contribution in [2.75, 3.05) is 7.11 Å². The van der Waals surface area contributed by atoms with Crippen molar-refractivity contribution in [2.45, 2.75) is 12.6 Å². The predicted molar refractivity (Wildman–Crippen MR) is 40.7 cm³/mol. The molecule has 0 N–H and O–H groups in total. The number of alkyl halides is 5. The van der Waals surface area contributed by atoms with Gasteiger partial charge in [-0.1, -0.05) is 0 Å². The van der Waals surface area contributed by atoms with Crippen LogP contribution in [-0.4, -0.2) is 12.1 Å². The molecule has 84 valence electrons. The van der Waals surface area contributed by atoms with Crippen LogP contribution in [0.25, 0.3) is 0 Å². The van der Waals surface area contributed by atoms with E-state index in [-0.39, 0.29) is 5.88 Å². The Morgan fingerprint density at radius 2 is 1.93 bits per heavy atom. The monoisotopic (exact) mass is 227 g/mol. The first-order valence-corrected chi connectivity index (χ1v) is 3.75. The van der Waals surface area contributed by atoms with Gasteiger partial charge in [0.05, 0.1) is 12.7 Å². The molecular formula is C8H6F5NO. The lowest BCUT2D eigenvalue weighted by atomic mass is 10.1. The second-order valence-electron chi connectivity index (χ2n) is 2.61. The Balaban J connectivity index is 3.28. The molecule has 0 unspecified atom stereocenters. The number of halogens is 5. The van der Waals surface area contributed by atoms with Crippen molar-refractivity contribution in [3.8, 4) is 5.88 Å². The lowest BCUT2D eigenvalue weighted by Crippen LogP contribution is -2.10. The maximum atomic E-state index is 12.3. The smallest absolute Gasteiger partial charge is 0.418 e. The van der Waals surface area contributed by atoms with Gasteiger partial charge in [0, 0.05) is 17.8 Å². The number of pyridine rings is 1. The maximum Gasteiger partial charge on any atom is 0.418 e. The van der Waals surface area contributed by atoms with Gasteiger partial charge in [-0.15, -0.1) is 0 Å². The van der Waals surface area contributed by atoms with Crippen LogP contribution in [-0.2, 0) is 6.18 Å². The van der Waals surface area contributed by atoms with Crippen LogP contribution in [0, 0.1) is 0 Å². The average molecular weight is 227 g/mol. The lowest BCUT2D eigenvalue weighted by molar-refractivity contribution is -0.139. The Kier molecular flexibility index (Phi) is 3.11. The molecule has 2 nitrogen and oxygen atoms in total. The zero-order valence-electron chi connectivity index (χ0n) is 7.48. The second kappa shape index (κ2) is 4.00. The highest BCUT2D eigenvalue weighted by molar-refractivity contribution is 5.32. The number of ether oxygens (including phenoxy) is 1. The first kappa shape index (κ1) is 11.7. The fourth-order valence-corrected chi connectivity index (χ4v) is 0.980. The summed E-state index contributed by atoms with van der Waals surface area (Å²) < 4.78 is 65.7. The second-order valence-corrected chi connectivity index (χ2v) is 2.61. The van der Waals surface area contributed by atoms with E-state index in [2.05, 4.69) is 9.72 Å². The third-order valence-corrected chi connectivity index (χ3v) is 1.66. The summed E-state index contributed by atoms with van der Waals surface area (Å²) in [5.41, 5.74) is -2.58. The van der Waals surface area contributed by atoms with E-state index in [1.54, 1.807) is 0 Å². The summed E-state index contributed by atoms with van der Waals surface area (Å²) in [7, 11) is 1.13. The van der Waals surface area contributed by atoms with Crippen molar-refractivity contribution in [3.63, 3.8) is 0 Å². The molecule has 15 heavy (non-hydrogen) atoms. The molecule has 0 saturated carbocycles. The first-order chi connectivity index (χ1) is 6.86. The largest absolute Gasteiger partial charge is 0.481 e. The summed E-state index contributed by atoms with van der Waals surface area (Å²) in [5, 5.41) is 0. The van der Waals surface area contributed by atoms with Crippen LogP contribution in [0.4, 0.5) is 22.0 Å². The number of hydrogen-bond donors (Lipinski definition) is 0. The van der Waals surface area contributed by atoms with Crippen LogP contribution >= 0.6 is 0 Å². The Labute approximate surface area is 81.7 Å². The number of methoxy groups -OCH3 is 1. The Morgan fingerprint density at radius 1 is 1.33 bits per heavy atom. The molecule has 7 heteroatoms. The minimum atomic E-state index is -4.84. The summed E-state index contributed by atoms with van der Waals surface area (Å²) in [6.07, 6.45) is -7.73. The number of aromatic nitrogens is 1. The molecule has 0 fully saturated rings. The van der Waals surface area contributed by atoms with E-state index in [0.717, 1.165) is 7.11 Å². The molecule has 0 saturated heterocycles. The third-order valence-electron chi connectivity index (χ3n) is 1.66. The van der Waals surface area contributed by atoms with Crippen molar-refractivity contribution in [2.24, 2.45) is 0 Å². The topological polar surface area (TPSA) is 22.1 Å². The van der Waals surface area contributed by atoms with Gasteiger partial charge in [-0.05, 0) is 0 Å². The fourth-order valence-electron chi connectivity index (χ4n) is 0.980. The molecule has 1 heterocycles. The van der Waals surface area contributed by atoms with Gasteiger partial charge in [0.2, 0.25) is 5.88 Å². The van der Waals surface area contributed by atoms with Crippen LogP contribution in [0.1, 0.15) is 17.6 Å². The fraction of sp³-hybridized carbons (Fsp3) is 0.375. The SMILES string of the molecule is COc1cc(C(F)F)c(C(F)(F)F)cn1. The van der Waals surface area contributed by atoms with Gasteiger partial charge in [-0.25, -0.2) is 13.8 Å². The van der Waals surface area contributed by atoms with E-state index >= 15 is 0 Å². The minimum Gasteiger partial charge on any atom is -0.481 e. The van der Waals surface area contributed by atoms with Gasteiger partial charge in [-0.2, -0.15) is 13.2 Å². The molecule has 1 aromatic rings. The number of nitrogens with zero attached hydrogens (tertiary/aromatic N) is 1. The molecule has 0 aliphatic rings. The Hall–Kier alpha value is -1.40. The Morgan fingerprint density at radius 3 is 2.33 bits per heavy atom. The van der Waals surface area contributed by atoms with E-state index in [1.165, 1.54) is 0 Å². The first-order valence-electron chi connectivity index (χ1n) is 3.75. The lowest BCUT2D eigenvalue weighted by Gasteiger charge is -2.12. The quantitative estimate of drug-likeness (QED) is 0.724. The van der Waals surface area contributed by atoms with Crippen LogP contribution in [0.3, 0.4) is 0 Å². The van der Waals surface area contributed by atoms with Crippen molar-refractivity contribution in [1.29, 1.82) is 0 Å². The van der Waals surface area contributed by atoms with Crippen LogP contribution in [0.2, 0.25) is 0 Å². The average Bonchev–Trinajstić information content (AvgIpc) is 2.15. The molecule has 0 spiro atoms. The molecule has 1 rings (SSSR count). The van der Waals surface area contributed by atoms with Gasteiger partial charge < -0.3 is 4.74 Å². The minimum absolute atomic E-state index is 0.279.